The number of nitrogens with two attached hydrogens (primary N) is 2. The summed E-state index contributed by atoms with van der Waals surface area (Å²) in [6.45, 7) is 3.19. The molecule has 1 aromatic carbocycles. The van der Waals surface area contributed by atoms with Crippen LogP contribution in [0.3, 0.4) is 0 Å². The molecule has 0 bridgehead atoms. The van der Waals surface area contributed by atoms with Crippen molar-refractivity contribution >= 4 is 11.9 Å². The van der Waals surface area contributed by atoms with Gasteiger partial charge in [0.2, 0.25) is 0 Å². The van der Waals surface area contributed by atoms with Crippen LogP contribution in [0, 0.1) is 0 Å². The summed E-state index contributed by atoms with van der Waals surface area (Å²) in [6, 6.07) is 7.35. The molecule has 0 unspecified atom stereocenters. The monoisotopic (exact) mass is 292 g/mol. The molecule has 1 fully saturated rings. The van der Waals surface area contributed by atoms with Crippen LogP contribution in [-0.2, 0) is 16.1 Å². The number of amides is 1. The number of rotatable bonds is 5. The van der Waals surface area contributed by atoms with Gasteiger partial charge in [0.1, 0.15) is 5.75 Å². The van der Waals surface area contributed by atoms with E-state index < -0.39 is 5.91 Å². The second kappa shape index (κ2) is 7.49. The maximum Gasteiger partial charge on any atom is 0.255 e. The van der Waals surface area contributed by atoms with E-state index in [1.807, 2.05) is 23.1 Å². The minimum absolute atomic E-state index is 0.136. The molecule has 0 radical (unpaired) electrons. The van der Waals surface area contributed by atoms with Crippen molar-refractivity contribution in [1.29, 1.82) is 0 Å². The van der Waals surface area contributed by atoms with Gasteiger partial charge in [0.05, 0.1) is 19.8 Å². The lowest BCUT2D eigenvalue weighted by Gasteiger charge is -2.27. The van der Waals surface area contributed by atoms with Gasteiger partial charge in [0.25, 0.3) is 5.91 Å². The third-order valence-corrected chi connectivity index (χ3v) is 3.04. The smallest absolute Gasteiger partial charge is 0.255 e. The van der Waals surface area contributed by atoms with Crippen molar-refractivity contribution < 1.29 is 14.3 Å². The van der Waals surface area contributed by atoms with Gasteiger partial charge in [0.15, 0.2) is 12.6 Å². The van der Waals surface area contributed by atoms with Crippen LogP contribution in [0.1, 0.15) is 5.56 Å². The van der Waals surface area contributed by atoms with Gasteiger partial charge in [-0.05, 0) is 17.7 Å². The summed E-state index contributed by atoms with van der Waals surface area (Å²) in [5, 5.41) is 0. The molecule has 0 aliphatic carbocycles. The van der Waals surface area contributed by atoms with Crippen molar-refractivity contribution in [2.24, 2.45) is 16.5 Å². The summed E-state index contributed by atoms with van der Waals surface area (Å²) in [6.07, 6.45) is 0. The largest absolute Gasteiger partial charge is 0.484 e. The van der Waals surface area contributed by atoms with Gasteiger partial charge in [0, 0.05) is 13.1 Å². The molecule has 0 atom stereocenters. The number of carbonyl (C=O) groups excluding carboxylic acids is 1. The van der Waals surface area contributed by atoms with Crippen molar-refractivity contribution in [2.45, 2.75) is 6.54 Å². The van der Waals surface area contributed by atoms with Crippen molar-refractivity contribution in [1.82, 2.24) is 4.90 Å². The molecular formula is C14H20N4O3. The van der Waals surface area contributed by atoms with E-state index in [-0.39, 0.29) is 6.61 Å². The van der Waals surface area contributed by atoms with E-state index >= 15 is 0 Å². The maximum atomic E-state index is 10.7. The summed E-state index contributed by atoms with van der Waals surface area (Å²) in [5.41, 5.74) is 12.0. The predicted octanol–water partition coefficient (Wildman–Crippen LogP) is -0.302. The Labute approximate surface area is 123 Å². The molecule has 1 aromatic rings. The minimum Gasteiger partial charge on any atom is -0.484 e. The molecule has 1 heterocycles. The zero-order valence-electron chi connectivity index (χ0n) is 11.8. The van der Waals surface area contributed by atoms with Crippen LogP contribution in [0.4, 0.5) is 0 Å². The first kappa shape index (κ1) is 15.1. The van der Waals surface area contributed by atoms with Gasteiger partial charge >= 0.3 is 0 Å². The molecule has 7 heteroatoms. The Balaban J connectivity index is 1.92. The molecule has 1 saturated heterocycles. The molecule has 7 nitrogen and oxygen atoms in total. The van der Waals surface area contributed by atoms with Crippen LogP contribution in [0.2, 0.25) is 0 Å². The van der Waals surface area contributed by atoms with Crippen molar-refractivity contribution in [3.63, 3.8) is 0 Å². The molecule has 2 rings (SSSR count). The summed E-state index contributed by atoms with van der Waals surface area (Å²) in [7, 11) is 0. The third kappa shape index (κ3) is 4.96. The van der Waals surface area contributed by atoms with Crippen LogP contribution in [0.5, 0.6) is 5.75 Å². The molecule has 0 aromatic heterocycles. The van der Waals surface area contributed by atoms with E-state index in [0.29, 0.717) is 31.5 Å². The van der Waals surface area contributed by atoms with E-state index in [1.54, 1.807) is 6.07 Å². The molecule has 1 aliphatic heterocycles. The number of benzene rings is 1. The Morgan fingerprint density at radius 1 is 1.33 bits per heavy atom. The first-order valence-corrected chi connectivity index (χ1v) is 6.78. The number of carbonyl (C=O) groups is 1. The molecule has 114 valence electrons. The highest BCUT2D eigenvalue weighted by Gasteiger charge is 2.11. The van der Waals surface area contributed by atoms with E-state index in [9.17, 15) is 4.79 Å². The van der Waals surface area contributed by atoms with Crippen LogP contribution in [-0.4, -0.2) is 49.7 Å². The highest BCUT2D eigenvalue weighted by molar-refractivity contribution is 5.78. The number of nitrogens with zero attached hydrogens (tertiary/aromatic N) is 2. The van der Waals surface area contributed by atoms with Crippen LogP contribution in [0.25, 0.3) is 0 Å². The van der Waals surface area contributed by atoms with Gasteiger partial charge in [-0.2, -0.15) is 0 Å². The van der Waals surface area contributed by atoms with E-state index in [4.69, 9.17) is 20.9 Å². The first-order chi connectivity index (χ1) is 10.1. The van der Waals surface area contributed by atoms with Gasteiger partial charge in [-0.15, -0.1) is 0 Å². The quantitative estimate of drug-likeness (QED) is 0.573. The maximum absolute atomic E-state index is 10.7. The van der Waals surface area contributed by atoms with E-state index in [0.717, 1.165) is 18.7 Å². The number of primary amides is 1. The Bertz CT molecular complexity index is 513. The fourth-order valence-corrected chi connectivity index (χ4v) is 1.95. The Hall–Kier alpha value is -2.28. The number of ether oxygens (including phenoxy) is 2. The van der Waals surface area contributed by atoms with Crippen molar-refractivity contribution in [3.8, 4) is 5.75 Å². The fraction of sp³-hybridized carbons (Fsp3) is 0.429. The first-order valence-electron chi connectivity index (χ1n) is 6.78. The number of guanidine groups is 1. The van der Waals surface area contributed by atoms with E-state index in [1.165, 1.54) is 0 Å². The molecular weight excluding hydrogens is 272 g/mol. The second-order valence-electron chi connectivity index (χ2n) is 4.68. The standard InChI is InChI=1S/C14H20N4O3/c15-13(19)10-21-12-3-1-2-11(8-12)9-17-14(16)18-4-6-20-7-5-18/h1-3,8H,4-7,9-10H2,(H2,15,19)(H2,16,17). The SMILES string of the molecule is NC(=O)COc1cccc(CN=C(N)N2CCOCC2)c1. The lowest BCUT2D eigenvalue weighted by Crippen LogP contribution is -2.44. The molecule has 4 N–H and O–H groups in total. The third-order valence-electron chi connectivity index (χ3n) is 3.04. The molecule has 1 amide bonds. The van der Waals surface area contributed by atoms with Gasteiger partial charge < -0.3 is 25.8 Å². The number of hydrogen-bond donors (Lipinski definition) is 2. The average Bonchev–Trinajstić information content (AvgIpc) is 2.52. The average molecular weight is 292 g/mol. The Kier molecular flexibility index (Phi) is 5.39. The Morgan fingerprint density at radius 3 is 2.81 bits per heavy atom. The second-order valence-corrected chi connectivity index (χ2v) is 4.68. The Morgan fingerprint density at radius 2 is 2.10 bits per heavy atom. The van der Waals surface area contributed by atoms with Crippen LogP contribution >= 0.6 is 0 Å². The summed E-state index contributed by atoms with van der Waals surface area (Å²) in [4.78, 5) is 17.1. The van der Waals surface area contributed by atoms with E-state index in [2.05, 4.69) is 4.99 Å². The molecule has 0 spiro atoms. The zero-order valence-corrected chi connectivity index (χ0v) is 11.8. The molecule has 21 heavy (non-hydrogen) atoms. The number of morpholine rings is 1. The zero-order chi connectivity index (χ0) is 15.1. The lowest BCUT2D eigenvalue weighted by atomic mass is 10.2. The van der Waals surface area contributed by atoms with Crippen LogP contribution < -0.4 is 16.2 Å². The normalized spacial score (nSPS) is 15.8. The predicted molar refractivity (Wildman–Crippen MR) is 78.8 cm³/mol. The highest BCUT2D eigenvalue weighted by atomic mass is 16.5. The van der Waals surface area contributed by atoms with Gasteiger partial charge in [-0.1, -0.05) is 12.1 Å². The van der Waals surface area contributed by atoms with Crippen molar-refractivity contribution in [3.05, 3.63) is 29.8 Å². The van der Waals surface area contributed by atoms with Crippen molar-refractivity contribution in [2.75, 3.05) is 32.9 Å². The summed E-state index contributed by atoms with van der Waals surface area (Å²) >= 11 is 0. The summed E-state index contributed by atoms with van der Waals surface area (Å²) in [5.74, 6) is 0.600. The minimum atomic E-state index is -0.505. The van der Waals surface area contributed by atoms with Gasteiger partial charge in [-0.25, -0.2) is 4.99 Å². The summed E-state index contributed by atoms with van der Waals surface area (Å²) < 4.78 is 10.5. The molecule has 0 saturated carbocycles. The van der Waals surface area contributed by atoms with Crippen LogP contribution in [0.15, 0.2) is 29.3 Å². The number of aliphatic imine (C=N–C) groups is 1. The lowest BCUT2D eigenvalue weighted by molar-refractivity contribution is -0.119. The van der Waals surface area contributed by atoms with Gasteiger partial charge in [-0.3, -0.25) is 4.79 Å². The topological polar surface area (TPSA) is 103 Å². The number of hydrogen-bond acceptors (Lipinski definition) is 4. The highest BCUT2D eigenvalue weighted by Crippen LogP contribution is 2.14. The molecule has 1 aliphatic rings. The fourth-order valence-electron chi connectivity index (χ4n) is 1.95.